The average molecular weight is 506 g/mol. The molecule has 0 saturated carbocycles. The highest BCUT2D eigenvalue weighted by molar-refractivity contribution is 6.37. The maximum Gasteiger partial charge on any atom is 0.241 e. The Kier molecular flexibility index (Phi) is 4.81. The molecular formula is C27H17Cl2NO5. The molecule has 6 rings (SSSR count). The number of ketones is 2. The number of nitrogens with zero attached hydrogens (tertiary/aromatic N) is 1. The van der Waals surface area contributed by atoms with Gasteiger partial charge in [0.15, 0.2) is 0 Å². The Morgan fingerprint density at radius 1 is 0.800 bits per heavy atom. The molecule has 0 N–H and O–H groups in total. The fourth-order valence-corrected chi connectivity index (χ4v) is 5.82. The zero-order valence-electron chi connectivity index (χ0n) is 18.3. The molecule has 35 heavy (non-hydrogen) atoms. The maximum atomic E-state index is 14.0. The van der Waals surface area contributed by atoms with Crippen LogP contribution < -0.4 is 4.90 Å². The Morgan fingerprint density at radius 2 is 1.40 bits per heavy atom. The van der Waals surface area contributed by atoms with Crippen LogP contribution in [0.3, 0.4) is 0 Å². The first kappa shape index (κ1) is 22.2. The lowest BCUT2D eigenvalue weighted by molar-refractivity contribution is -0.127. The predicted octanol–water partition coefficient (Wildman–Crippen LogP) is 5.00. The Hall–Kier alpha value is -3.32. The normalized spacial score (nSPS) is 24.4. The van der Waals surface area contributed by atoms with Crippen molar-refractivity contribution in [3.8, 4) is 0 Å². The average Bonchev–Trinajstić information content (AvgIpc) is 3.41. The van der Waals surface area contributed by atoms with Crippen molar-refractivity contribution in [2.45, 2.75) is 18.6 Å². The molecule has 6 nitrogen and oxygen atoms in total. The maximum absolute atomic E-state index is 14.0. The van der Waals surface area contributed by atoms with E-state index in [0.717, 1.165) is 4.90 Å². The number of hydrogen-bond acceptors (Lipinski definition) is 5. The summed E-state index contributed by atoms with van der Waals surface area (Å²) in [7, 11) is 0. The van der Waals surface area contributed by atoms with Crippen molar-refractivity contribution in [2.24, 2.45) is 11.8 Å². The largest absolute Gasteiger partial charge is 0.349 e. The molecule has 0 radical (unpaired) electrons. The fraction of sp³-hybridized carbons (Fsp3) is 0.185. The summed E-state index contributed by atoms with van der Waals surface area (Å²) in [5, 5.41) is 0.826. The molecule has 3 aromatic carbocycles. The number of carbonyl (C=O) groups excluding carboxylic acids is 4. The van der Waals surface area contributed by atoms with Gasteiger partial charge < -0.3 is 4.74 Å². The lowest BCUT2D eigenvalue weighted by Gasteiger charge is -2.27. The first-order valence-corrected chi connectivity index (χ1v) is 11.8. The van der Waals surface area contributed by atoms with E-state index >= 15 is 0 Å². The summed E-state index contributed by atoms with van der Waals surface area (Å²) in [6, 6.07) is 17.9. The minimum atomic E-state index is -2.12. The zero-order chi connectivity index (χ0) is 24.6. The summed E-state index contributed by atoms with van der Waals surface area (Å²) >= 11 is 12.2. The summed E-state index contributed by atoms with van der Waals surface area (Å²) in [5.74, 6) is -4.80. The number of rotatable bonds is 2. The number of carbonyl (C=O) groups is 4. The predicted molar refractivity (Wildman–Crippen MR) is 129 cm³/mol. The molecule has 0 bridgehead atoms. The summed E-state index contributed by atoms with van der Waals surface area (Å²) in [6.07, 6.45) is -1.000. The zero-order valence-corrected chi connectivity index (χ0v) is 19.8. The Morgan fingerprint density at radius 3 is 2.03 bits per heavy atom. The number of ether oxygens (including phenoxy) is 1. The molecule has 174 valence electrons. The van der Waals surface area contributed by atoms with E-state index in [1.165, 1.54) is 6.07 Å². The highest BCUT2D eigenvalue weighted by atomic mass is 35.5. The van der Waals surface area contributed by atoms with Gasteiger partial charge in [-0.25, -0.2) is 4.90 Å². The van der Waals surface area contributed by atoms with Crippen LogP contribution >= 0.6 is 23.2 Å². The molecular weight excluding hydrogens is 489 g/mol. The van der Waals surface area contributed by atoms with Crippen LogP contribution in [0.1, 0.15) is 37.9 Å². The van der Waals surface area contributed by atoms with Gasteiger partial charge in [0, 0.05) is 21.2 Å². The molecule has 2 saturated heterocycles. The van der Waals surface area contributed by atoms with Gasteiger partial charge in [0.05, 0.1) is 23.6 Å². The molecule has 2 aliphatic heterocycles. The van der Waals surface area contributed by atoms with Crippen LogP contribution in [-0.2, 0) is 14.3 Å². The lowest BCUT2D eigenvalue weighted by atomic mass is 9.77. The number of fused-ring (bicyclic) bond motifs is 3. The fourth-order valence-electron chi connectivity index (χ4n) is 5.53. The van der Waals surface area contributed by atoms with E-state index in [1.807, 2.05) is 0 Å². The Labute approximate surface area is 210 Å². The molecule has 1 spiro atoms. The summed E-state index contributed by atoms with van der Waals surface area (Å²) in [6.45, 7) is 1.75. The van der Waals surface area contributed by atoms with Crippen LogP contribution in [0.15, 0.2) is 66.7 Å². The van der Waals surface area contributed by atoms with Crippen LogP contribution in [-0.4, -0.2) is 29.0 Å². The molecule has 0 aromatic heterocycles. The van der Waals surface area contributed by atoms with Crippen molar-refractivity contribution in [1.29, 1.82) is 0 Å². The van der Waals surface area contributed by atoms with Gasteiger partial charge in [0.1, 0.15) is 0 Å². The van der Waals surface area contributed by atoms with Crippen LogP contribution in [0, 0.1) is 18.8 Å². The monoisotopic (exact) mass is 505 g/mol. The van der Waals surface area contributed by atoms with Gasteiger partial charge >= 0.3 is 0 Å². The molecule has 0 unspecified atom stereocenters. The van der Waals surface area contributed by atoms with Gasteiger partial charge in [0.25, 0.3) is 0 Å². The highest BCUT2D eigenvalue weighted by Crippen LogP contribution is 2.58. The SMILES string of the molecule is Cc1ccc(Cl)cc1N1C(=O)[C@@H]2[C@H](c3ccc(Cl)cc3)OC3(C(=O)c4ccccc4C3=O)[C@H]2C1=O. The summed E-state index contributed by atoms with van der Waals surface area (Å²) < 4.78 is 6.25. The van der Waals surface area contributed by atoms with Crippen molar-refractivity contribution in [2.75, 3.05) is 4.90 Å². The highest BCUT2D eigenvalue weighted by Gasteiger charge is 2.74. The second-order valence-electron chi connectivity index (χ2n) is 8.98. The van der Waals surface area contributed by atoms with E-state index in [0.29, 0.717) is 26.9 Å². The minimum absolute atomic E-state index is 0.186. The standard InChI is InChI=1S/C27H17Cl2NO5/c1-13-6-9-16(29)12-19(13)30-25(33)20-21(26(30)34)27(35-22(20)14-7-10-15(28)11-8-14)23(31)17-4-2-3-5-18(17)24(27)32/h2-12,20-22H,1H3/t20-,21+,22-/m0/s1. The van der Waals surface area contributed by atoms with E-state index in [1.54, 1.807) is 67.6 Å². The molecule has 3 aliphatic rings. The third-order valence-corrected chi connectivity index (χ3v) is 7.62. The van der Waals surface area contributed by atoms with Crippen molar-refractivity contribution in [1.82, 2.24) is 0 Å². The van der Waals surface area contributed by atoms with Gasteiger partial charge in [-0.05, 0) is 42.3 Å². The Balaban J connectivity index is 1.56. The first-order valence-electron chi connectivity index (χ1n) is 11.0. The molecule has 2 fully saturated rings. The van der Waals surface area contributed by atoms with E-state index in [9.17, 15) is 19.2 Å². The molecule has 3 atom stereocenters. The number of imide groups is 1. The third-order valence-electron chi connectivity index (χ3n) is 7.13. The molecule has 3 aromatic rings. The molecule has 1 aliphatic carbocycles. The summed E-state index contributed by atoms with van der Waals surface area (Å²) in [5.41, 5.74) is -0.226. The van der Waals surface area contributed by atoms with Crippen molar-refractivity contribution >= 4 is 52.3 Å². The smallest absolute Gasteiger partial charge is 0.241 e. The number of amides is 2. The lowest BCUT2D eigenvalue weighted by Crippen LogP contribution is -2.51. The van der Waals surface area contributed by atoms with Crippen LogP contribution in [0.2, 0.25) is 10.0 Å². The first-order chi connectivity index (χ1) is 16.8. The van der Waals surface area contributed by atoms with Gasteiger partial charge in [-0.15, -0.1) is 0 Å². The van der Waals surface area contributed by atoms with Crippen molar-refractivity contribution in [3.63, 3.8) is 0 Å². The van der Waals surface area contributed by atoms with E-state index in [-0.39, 0.29) is 11.1 Å². The Bertz CT molecular complexity index is 1430. The van der Waals surface area contributed by atoms with Crippen LogP contribution in [0.4, 0.5) is 5.69 Å². The summed E-state index contributed by atoms with van der Waals surface area (Å²) in [4.78, 5) is 56.4. The van der Waals surface area contributed by atoms with Gasteiger partial charge in [0.2, 0.25) is 29.0 Å². The second kappa shape index (κ2) is 7.59. The number of hydrogen-bond donors (Lipinski definition) is 0. The number of halogens is 2. The molecule has 8 heteroatoms. The third kappa shape index (κ3) is 2.88. The van der Waals surface area contributed by atoms with Gasteiger partial charge in [-0.3, -0.25) is 19.2 Å². The number of anilines is 1. The number of Topliss-reactive ketones (excluding diaryl/α,β-unsaturated/α-hetero) is 2. The van der Waals surface area contributed by atoms with E-state index < -0.39 is 46.9 Å². The molecule has 2 heterocycles. The van der Waals surface area contributed by atoms with E-state index in [4.69, 9.17) is 27.9 Å². The van der Waals surface area contributed by atoms with Crippen molar-refractivity contribution in [3.05, 3.63) is 99.0 Å². The minimum Gasteiger partial charge on any atom is -0.349 e. The quantitative estimate of drug-likeness (QED) is 0.361. The van der Waals surface area contributed by atoms with Crippen molar-refractivity contribution < 1.29 is 23.9 Å². The number of aryl methyl sites for hydroxylation is 1. The van der Waals surface area contributed by atoms with Crippen LogP contribution in [0.25, 0.3) is 0 Å². The van der Waals surface area contributed by atoms with Crippen LogP contribution in [0.5, 0.6) is 0 Å². The van der Waals surface area contributed by atoms with E-state index in [2.05, 4.69) is 0 Å². The van der Waals surface area contributed by atoms with Gasteiger partial charge in [-0.1, -0.05) is 65.7 Å². The molecule has 2 amide bonds. The van der Waals surface area contributed by atoms with Gasteiger partial charge in [-0.2, -0.15) is 0 Å². The second-order valence-corrected chi connectivity index (χ2v) is 9.85. The topological polar surface area (TPSA) is 80.8 Å². The number of benzene rings is 3.